The Morgan fingerprint density at radius 1 is 1.12 bits per heavy atom. The zero-order valence-electron chi connectivity index (χ0n) is 19.4. The summed E-state index contributed by atoms with van der Waals surface area (Å²) < 4.78 is 25.9. The maximum absolute atomic E-state index is 11.0. The summed E-state index contributed by atoms with van der Waals surface area (Å²) in [7, 11) is -1.75. The lowest BCUT2D eigenvalue weighted by Crippen LogP contribution is -2.50. The molecular formula is C24H31N3O6S. The maximum atomic E-state index is 11.0. The zero-order chi connectivity index (χ0) is 25.4. The van der Waals surface area contributed by atoms with Gasteiger partial charge in [0.05, 0.1) is 29.1 Å². The van der Waals surface area contributed by atoms with Crippen molar-refractivity contribution in [2.24, 2.45) is 0 Å². The highest BCUT2D eigenvalue weighted by atomic mass is 32.2. The number of aliphatic hydroxyl groups is 1. The first-order chi connectivity index (χ1) is 15.9. The van der Waals surface area contributed by atoms with Crippen LogP contribution < -0.4 is 4.90 Å². The van der Waals surface area contributed by atoms with Crippen molar-refractivity contribution in [2.45, 2.75) is 24.9 Å². The van der Waals surface area contributed by atoms with Gasteiger partial charge in [-0.3, -0.25) is 4.55 Å². The molecule has 1 fully saturated rings. The number of hydrogen-bond donors (Lipinski definition) is 3. The number of carbonyl (C=O) groups is 1. The van der Waals surface area contributed by atoms with E-state index in [1.807, 2.05) is 36.2 Å². The van der Waals surface area contributed by atoms with Crippen LogP contribution in [0.15, 0.2) is 48.5 Å². The van der Waals surface area contributed by atoms with Gasteiger partial charge in [-0.15, -0.1) is 0 Å². The first-order valence-corrected chi connectivity index (χ1v) is 12.6. The van der Waals surface area contributed by atoms with E-state index in [0.29, 0.717) is 31.2 Å². The van der Waals surface area contributed by atoms with Gasteiger partial charge in [-0.2, -0.15) is 13.7 Å². The Labute approximate surface area is 200 Å². The molecule has 9 nitrogen and oxygen atoms in total. The van der Waals surface area contributed by atoms with Crippen molar-refractivity contribution in [3.63, 3.8) is 0 Å². The predicted octanol–water partition coefficient (Wildman–Crippen LogP) is 2.27. The number of benzene rings is 2. The lowest BCUT2D eigenvalue weighted by molar-refractivity contribution is -0.0137. The molecule has 0 radical (unpaired) electrons. The lowest BCUT2D eigenvalue weighted by Gasteiger charge is -2.40. The topological polar surface area (TPSA) is 142 Å². The van der Waals surface area contributed by atoms with Gasteiger partial charge in [0.1, 0.15) is 0 Å². The molecule has 0 amide bonds. The fraction of sp³-hybridized carbons (Fsp3) is 0.417. The van der Waals surface area contributed by atoms with Gasteiger partial charge in [-0.25, -0.2) is 4.79 Å². The molecule has 184 valence electrons. The lowest BCUT2D eigenvalue weighted by atomic mass is 9.90. The van der Waals surface area contributed by atoms with E-state index in [2.05, 4.69) is 11.0 Å². The Balaban J connectivity index is 0.000000739. The summed E-state index contributed by atoms with van der Waals surface area (Å²) in [6, 6.07) is 16.6. The number of likely N-dealkylation sites (N-methyl/N-ethyl adjacent to an activating group) is 1. The quantitative estimate of drug-likeness (QED) is 0.499. The summed E-state index contributed by atoms with van der Waals surface area (Å²) >= 11 is 0. The van der Waals surface area contributed by atoms with Gasteiger partial charge in [0.2, 0.25) is 0 Å². The Bertz CT molecular complexity index is 1080. The molecule has 10 heteroatoms. The van der Waals surface area contributed by atoms with Gasteiger partial charge in [0, 0.05) is 38.9 Å². The van der Waals surface area contributed by atoms with Crippen LogP contribution in [0.25, 0.3) is 0 Å². The molecule has 1 saturated heterocycles. The van der Waals surface area contributed by atoms with Crippen molar-refractivity contribution in [1.29, 1.82) is 5.26 Å². The van der Waals surface area contributed by atoms with E-state index < -0.39 is 21.7 Å². The summed E-state index contributed by atoms with van der Waals surface area (Å²) in [6.07, 6.45) is 3.06. The summed E-state index contributed by atoms with van der Waals surface area (Å²) in [4.78, 5) is 15.3. The monoisotopic (exact) mass is 489 g/mol. The Hall–Kier alpha value is -2.97. The van der Waals surface area contributed by atoms with E-state index in [1.54, 1.807) is 24.3 Å². The summed E-state index contributed by atoms with van der Waals surface area (Å²) in [5.74, 6) is -0.939. The highest BCUT2D eigenvalue weighted by Gasteiger charge is 2.33. The van der Waals surface area contributed by atoms with Crippen LogP contribution in [-0.2, 0) is 16.5 Å². The van der Waals surface area contributed by atoms with Crippen LogP contribution in [0.2, 0.25) is 0 Å². The van der Waals surface area contributed by atoms with Crippen LogP contribution in [0.4, 0.5) is 5.69 Å². The number of carboxylic acids is 1. The van der Waals surface area contributed by atoms with Crippen LogP contribution in [-0.4, -0.2) is 79.1 Å². The van der Waals surface area contributed by atoms with Crippen molar-refractivity contribution in [2.75, 3.05) is 44.4 Å². The summed E-state index contributed by atoms with van der Waals surface area (Å²) in [5, 5.41) is 28.9. The third-order valence-electron chi connectivity index (χ3n) is 5.67. The molecule has 1 heterocycles. The number of nitrogens with zero attached hydrogens (tertiary/aromatic N) is 3. The number of nitriles is 1. The second-order valence-electron chi connectivity index (χ2n) is 8.57. The van der Waals surface area contributed by atoms with Gasteiger partial charge < -0.3 is 20.0 Å². The molecular weight excluding hydrogens is 458 g/mol. The normalized spacial score (nSPS) is 15.5. The molecule has 0 unspecified atom stereocenters. The van der Waals surface area contributed by atoms with Crippen molar-refractivity contribution >= 4 is 21.8 Å². The van der Waals surface area contributed by atoms with Gasteiger partial charge >= 0.3 is 5.97 Å². The maximum Gasteiger partial charge on any atom is 0.335 e. The minimum absolute atomic E-state index is 0.261. The second kappa shape index (κ2) is 11.9. The molecule has 1 aliphatic heterocycles. The first kappa shape index (κ1) is 27.3. The summed E-state index contributed by atoms with van der Waals surface area (Å²) in [6.45, 7) is 3.15. The van der Waals surface area contributed by atoms with E-state index in [4.69, 9.17) is 14.9 Å². The Morgan fingerprint density at radius 3 is 2.12 bits per heavy atom. The fourth-order valence-corrected chi connectivity index (χ4v) is 3.78. The number of aromatic carboxylic acids is 1. The van der Waals surface area contributed by atoms with Crippen LogP contribution in [0, 0.1) is 11.3 Å². The van der Waals surface area contributed by atoms with E-state index in [1.165, 1.54) is 5.56 Å². The number of piperidine rings is 1. The molecule has 0 bridgehead atoms. The summed E-state index contributed by atoms with van der Waals surface area (Å²) in [5.41, 5.74) is 2.31. The van der Waals surface area contributed by atoms with E-state index in [9.17, 15) is 18.3 Å². The number of hydrogen-bond acceptors (Lipinski definition) is 7. The smallest absolute Gasteiger partial charge is 0.335 e. The van der Waals surface area contributed by atoms with Gasteiger partial charge in [0.15, 0.2) is 0 Å². The van der Waals surface area contributed by atoms with Crippen LogP contribution in [0.1, 0.15) is 34.3 Å². The standard InChI is InChI=1S/C23H27N3O3.CH4O3S/c1-25(21-8-6-20(7-9-21)22(27)28)17-23(29)11-14-26(15-12-23)13-10-18-2-4-19(16-24)5-3-18;1-5(2,3)4/h2-9,29H,10-15,17H2,1H3,(H,27,28);1H3,(H,2,3,4). The molecule has 0 aliphatic carbocycles. The molecule has 0 aromatic heterocycles. The molecule has 0 atom stereocenters. The number of carboxylic acid groups (broad SMARTS) is 1. The van der Waals surface area contributed by atoms with Crippen LogP contribution in [0.5, 0.6) is 0 Å². The largest absolute Gasteiger partial charge is 0.478 e. The molecule has 2 aromatic rings. The molecule has 3 rings (SSSR count). The zero-order valence-corrected chi connectivity index (χ0v) is 20.2. The SMILES string of the molecule is CN(CC1(O)CCN(CCc2ccc(C#N)cc2)CC1)c1ccc(C(=O)O)cc1.CS(=O)(=O)O. The van der Waals surface area contributed by atoms with Crippen molar-refractivity contribution in [1.82, 2.24) is 4.90 Å². The minimum atomic E-state index is -3.67. The first-order valence-electron chi connectivity index (χ1n) is 10.8. The van der Waals surface area contributed by atoms with Crippen LogP contribution >= 0.6 is 0 Å². The van der Waals surface area contributed by atoms with Gasteiger partial charge in [-0.1, -0.05) is 12.1 Å². The second-order valence-corrected chi connectivity index (χ2v) is 10.0. The molecule has 0 saturated carbocycles. The third kappa shape index (κ3) is 9.49. The molecule has 2 aromatic carbocycles. The number of likely N-dealkylation sites (tertiary alicyclic amines) is 1. The Morgan fingerprint density at radius 2 is 1.65 bits per heavy atom. The predicted molar refractivity (Wildman–Crippen MR) is 130 cm³/mol. The number of rotatable bonds is 7. The van der Waals surface area contributed by atoms with E-state index >= 15 is 0 Å². The average Bonchev–Trinajstić information content (AvgIpc) is 2.78. The third-order valence-corrected chi connectivity index (χ3v) is 5.67. The fourth-order valence-electron chi connectivity index (χ4n) is 3.78. The van der Waals surface area contributed by atoms with Crippen LogP contribution in [0.3, 0.4) is 0 Å². The average molecular weight is 490 g/mol. The molecule has 0 spiro atoms. The van der Waals surface area contributed by atoms with E-state index in [0.717, 1.165) is 31.7 Å². The van der Waals surface area contributed by atoms with Gasteiger partial charge in [-0.05, 0) is 61.2 Å². The molecule has 1 aliphatic rings. The number of anilines is 1. The highest BCUT2D eigenvalue weighted by Crippen LogP contribution is 2.25. The highest BCUT2D eigenvalue weighted by molar-refractivity contribution is 7.85. The van der Waals surface area contributed by atoms with E-state index in [-0.39, 0.29) is 5.56 Å². The molecule has 3 N–H and O–H groups in total. The van der Waals surface area contributed by atoms with Crippen molar-refractivity contribution < 1.29 is 28.0 Å². The van der Waals surface area contributed by atoms with Gasteiger partial charge in [0.25, 0.3) is 10.1 Å². The minimum Gasteiger partial charge on any atom is -0.478 e. The molecule has 34 heavy (non-hydrogen) atoms. The van der Waals surface area contributed by atoms with Crippen molar-refractivity contribution in [3.8, 4) is 6.07 Å². The van der Waals surface area contributed by atoms with Crippen molar-refractivity contribution in [3.05, 3.63) is 65.2 Å². The Kier molecular flexibility index (Phi) is 9.58.